The third-order valence-electron chi connectivity index (χ3n) is 5.48. The molecule has 0 aromatic heterocycles. The van der Waals surface area contributed by atoms with E-state index in [1.165, 1.54) is 20.8 Å². The zero-order valence-electron chi connectivity index (χ0n) is 16.6. The van der Waals surface area contributed by atoms with Crippen LogP contribution in [0.5, 0.6) is 0 Å². The molecular weight excluding hydrogens is 384 g/mol. The van der Waals surface area contributed by atoms with Gasteiger partial charge in [-0.2, -0.15) is 0 Å². The number of amides is 1. The number of nitrogens with one attached hydrogen (secondary N) is 1. The minimum atomic E-state index is -3.64. The van der Waals surface area contributed by atoms with Crippen LogP contribution in [0, 0.1) is 0 Å². The Morgan fingerprint density at radius 3 is 2.34 bits per heavy atom. The van der Waals surface area contributed by atoms with Crippen LogP contribution in [0.2, 0.25) is 0 Å². The van der Waals surface area contributed by atoms with Crippen molar-refractivity contribution in [1.82, 2.24) is 0 Å². The van der Waals surface area contributed by atoms with Gasteiger partial charge in [0, 0.05) is 11.1 Å². The smallest absolute Gasteiger partial charge is 0.248 e. The molecule has 29 heavy (non-hydrogen) atoms. The summed E-state index contributed by atoms with van der Waals surface area (Å²) < 4.78 is 26.3. The number of aryl methyl sites for hydroxylation is 2. The van der Waals surface area contributed by atoms with Gasteiger partial charge in [0.15, 0.2) is 0 Å². The zero-order chi connectivity index (χ0) is 20.6. The first-order valence-electron chi connectivity index (χ1n) is 9.79. The Bertz CT molecular complexity index is 1160. The second kappa shape index (κ2) is 7.52. The Balaban J connectivity index is 1.71. The zero-order valence-corrected chi connectivity index (χ0v) is 17.4. The molecule has 0 spiro atoms. The lowest BCUT2D eigenvalue weighted by Crippen LogP contribution is -2.47. The van der Waals surface area contributed by atoms with E-state index in [1.54, 1.807) is 24.3 Å². The fraction of sp³-hybridized carbons (Fsp3) is 0.261. The number of rotatable bonds is 6. The second-order valence-corrected chi connectivity index (χ2v) is 9.28. The summed E-state index contributed by atoms with van der Waals surface area (Å²) in [5.41, 5.74) is 3.79. The van der Waals surface area contributed by atoms with Crippen molar-refractivity contribution in [3.63, 3.8) is 0 Å². The number of hydrogen-bond acceptors (Lipinski definition) is 3. The Morgan fingerprint density at radius 1 is 1.00 bits per heavy atom. The topological polar surface area (TPSA) is 66.5 Å². The van der Waals surface area contributed by atoms with Crippen LogP contribution in [0.3, 0.4) is 0 Å². The molecule has 0 aliphatic heterocycles. The molecule has 150 valence electrons. The van der Waals surface area contributed by atoms with Gasteiger partial charge in [-0.25, -0.2) is 8.42 Å². The first-order valence-corrected chi connectivity index (χ1v) is 11.6. The van der Waals surface area contributed by atoms with Crippen molar-refractivity contribution >= 4 is 38.1 Å². The fourth-order valence-electron chi connectivity index (χ4n) is 4.21. The molecular formula is C23H24N2O3S. The summed E-state index contributed by atoms with van der Waals surface area (Å²) in [6, 6.07) is 18.0. The number of benzene rings is 3. The summed E-state index contributed by atoms with van der Waals surface area (Å²) in [7, 11) is -3.64. The van der Waals surface area contributed by atoms with Crippen LogP contribution in [0.25, 0.3) is 10.8 Å². The Morgan fingerprint density at radius 2 is 1.69 bits per heavy atom. The number of nitrogens with zero attached hydrogens (tertiary/aromatic N) is 1. The van der Waals surface area contributed by atoms with E-state index in [-0.39, 0.29) is 5.91 Å². The number of para-hydroxylation sites is 1. The molecule has 1 atom stereocenters. The highest BCUT2D eigenvalue weighted by atomic mass is 32.2. The maximum Gasteiger partial charge on any atom is 0.248 e. The SMILES string of the molecule is CC[C@H](C(=O)Nc1ccc2c3c(cccc13)CC2)N(c1ccccc1)S(C)(=O)=O. The van der Waals surface area contributed by atoms with Gasteiger partial charge in [-0.1, -0.05) is 49.4 Å². The van der Waals surface area contributed by atoms with Gasteiger partial charge in [-0.05, 0) is 54.0 Å². The molecule has 0 saturated carbocycles. The van der Waals surface area contributed by atoms with Crippen molar-refractivity contribution in [3.05, 3.63) is 71.8 Å². The number of sulfonamides is 1. The predicted octanol–water partition coefficient (Wildman–Crippen LogP) is 4.12. The largest absolute Gasteiger partial charge is 0.324 e. The van der Waals surface area contributed by atoms with Crippen LogP contribution in [-0.4, -0.2) is 26.6 Å². The normalized spacial score (nSPS) is 14.0. The second-order valence-electron chi connectivity index (χ2n) is 7.42. The minimum Gasteiger partial charge on any atom is -0.324 e. The molecule has 0 radical (unpaired) electrons. The molecule has 1 aliphatic carbocycles. The molecule has 3 aromatic rings. The Labute approximate surface area is 171 Å². The van der Waals surface area contributed by atoms with Crippen LogP contribution in [-0.2, 0) is 27.7 Å². The summed E-state index contributed by atoms with van der Waals surface area (Å²) in [5, 5.41) is 5.21. The van der Waals surface area contributed by atoms with Crippen molar-refractivity contribution < 1.29 is 13.2 Å². The van der Waals surface area contributed by atoms with Gasteiger partial charge in [-0.3, -0.25) is 9.10 Å². The van der Waals surface area contributed by atoms with Crippen molar-refractivity contribution in [1.29, 1.82) is 0 Å². The monoisotopic (exact) mass is 408 g/mol. The van der Waals surface area contributed by atoms with E-state index in [9.17, 15) is 13.2 Å². The first kappa shape index (κ1) is 19.5. The van der Waals surface area contributed by atoms with Crippen LogP contribution in [0.15, 0.2) is 60.7 Å². The number of carbonyl (C=O) groups is 1. The van der Waals surface area contributed by atoms with E-state index in [1.807, 2.05) is 31.2 Å². The maximum atomic E-state index is 13.2. The van der Waals surface area contributed by atoms with E-state index >= 15 is 0 Å². The third kappa shape index (κ3) is 3.60. The first-order chi connectivity index (χ1) is 13.9. The van der Waals surface area contributed by atoms with Crippen molar-refractivity contribution in [3.8, 4) is 0 Å². The van der Waals surface area contributed by atoms with Gasteiger partial charge < -0.3 is 5.32 Å². The molecule has 0 unspecified atom stereocenters. The Hall–Kier alpha value is -2.86. The molecule has 3 aromatic carbocycles. The average molecular weight is 409 g/mol. The average Bonchev–Trinajstić information content (AvgIpc) is 3.12. The van der Waals surface area contributed by atoms with Crippen LogP contribution in [0.1, 0.15) is 24.5 Å². The molecule has 1 amide bonds. The van der Waals surface area contributed by atoms with Crippen LogP contribution >= 0.6 is 0 Å². The molecule has 1 aliphatic rings. The Kier molecular flexibility index (Phi) is 5.04. The van der Waals surface area contributed by atoms with E-state index in [4.69, 9.17) is 0 Å². The van der Waals surface area contributed by atoms with Gasteiger partial charge in [0.2, 0.25) is 15.9 Å². The highest BCUT2D eigenvalue weighted by molar-refractivity contribution is 7.92. The van der Waals surface area contributed by atoms with Crippen LogP contribution in [0.4, 0.5) is 11.4 Å². The standard InChI is InChI=1S/C23H24N2O3S/c1-3-21(25(29(2,27)28)18-9-5-4-6-10-18)23(26)24-20-15-14-17-13-12-16-8-7-11-19(20)22(16)17/h4-11,14-15,21H,3,12-13H2,1-2H3,(H,24,26)/t21-/m1/s1. The lowest BCUT2D eigenvalue weighted by atomic mass is 10.0. The predicted molar refractivity (Wildman–Crippen MR) is 118 cm³/mol. The van der Waals surface area contributed by atoms with Gasteiger partial charge >= 0.3 is 0 Å². The van der Waals surface area contributed by atoms with Crippen molar-refractivity contribution in [2.75, 3.05) is 15.9 Å². The van der Waals surface area contributed by atoms with E-state index in [0.717, 1.165) is 30.2 Å². The highest BCUT2D eigenvalue weighted by Crippen LogP contribution is 2.35. The minimum absolute atomic E-state index is 0.333. The number of anilines is 2. The highest BCUT2D eigenvalue weighted by Gasteiger charge is 2.31. The summed E-state index contributed by atoms with van der Waals surface area (Å²) in [4.78, 5) is 13.2. The molecule has 4 rings (SSSR count). The van der Waals surface area contributed by atoms with Crippen molar-refractivity contribution in [2.24, 2.45) is 0 Å². The lowest BCUT2D eigenvalue weighted by molar-refractivity contribution is -0.117. The van der Waals surface area contributed by atoms with E-state index < -0.39 is 16.1 Å². The van der Waals surface area contributed by atoms with Crippen molar-refractivity contribution in [2.45, 2.75) is 32.2 Å². The summed E-state index contributed by atoms with van der Waals surface area (Å²) >= 11 is 0. The quantitative estimate of drug-likeness (QED) is 0.667. The molecule has 1 N–H and O–H groups in total. The molecule has 0 fully saturated rings. The van der Waals surface area contributed by atoms with Gasteiger partial charge in [0.1, 0.15) is 6.04 Å². The van der Waals surface area contributed by atoms with Crippen LogP contribution < -0.4 is 9.62 Å². The summed E-state index contributed by atoms with van der Waals surface area (Å²) in [6.45, 7) is 1.82. The summed E-state index contributed by atoms with van der Waals surface area (Å²) in [5.74, 6) is -0.333. The van der Waals surface area contributed by atoms with Gasteiger partial charge in [0.25, 0.3) is 0 Å². The molecule has 0 heterocycles. The maximum absolute atomic E-state index is 13.2. The summed E-state index contributed by atoms with van der Waals surface area (Å²) in [6.07, 6.45) is 3.51. The molecule has 6 heteroatoms. The van der Waals surface area contributed by atoms with Gasteiger partial charge in [0.05, 0.1) is 11.9 Å². The molecule has 0 saturated heterocycles. The molecule has 0 bridgehead atoms. The lowest BCUT2D eigenvalue weighted by Gasteiger charge is -2.30. The third-order valence-corrected chi connectivity index (χ3v) is 6.66. The fourth-order valence-corrected chi connectivity index (χ4v) is 5.42. The number of hydrogen-bond donors (Lipinski definition) is 1. The van der Waals surface area contributed by atoms with Gasteiger partial charge in [-0.15, -0.1) is 0 Å². The van der Waals surface area contributed by atoms with E-state index in [2.05, 4.69) is 17.4 Å². The number of carbonyl (C=O) groups excluding carboxylic acids is 1. The molecule has 5 nitrogen and oxygen atoms in total. The van der Waals surface area contributed by atoms with E-state index in [0.29, 0.717) is 12.1 Å².